The topological polar surface area (TPSA) is 161 Å². The van der Waals surface area contributed by atoms with Crippen molar-refractivity contribution in [2.45, 2.75) is 439 Å². The maximum atomic E-state index is 10.2. The number of hydrogen-bond acceptors (Lipinski definition) is 8. The van der Waals surface area contributed by atoms with Crippen molar-refractivity contribution in [3.8, 4) is 0 Å². The van der Waals surface area contributed by atoms with Gasteiger partial charge in [0.05, 0.1) is 0 Å². The zero-order valence-corrected chi connectivity index (χ0v) is 58.0. The number of carboxylic acids is 4. The first-order chi connectivity index (χ1) is 39.1. The van der Waals surface area contributed by atoms with Crippen LogP contribution in [0.1, 0.15) is 439 Å². The number of carboxylic acid groups (broad SMARTS) is 4. The third-order valence-electron chi connectivity index (χ3n) is 15.9. The third-order valence-corrected chi connectivity index (χ3v) is 15.9. The summed E-state index contributed by atoms with van der Waals surface area (Å²) in [6, 6.07) is 0. The fourth-order valence-corrected chi connectivity index (χ4v) is 10.6. The fourth-order valence-electron chi connectivity index (χ4n) is 10.6. The van der Waals surface area contributed by atoms with Crippen molar-refractivity contribution in [2.24, 2.45) is 0 Å². The molecule has 0 saturated carbocycles. The molecule has 0 aromatic rings. The van der Waals surface area contributed by atoms with Crippen LogP contribution in [-0.4, -0.2) is 46.9 Å². The summed E-state index contributed by atoms with van der Waals surface area (Å²) in [5.74, 6) is -3.61. The molecule has 0 amide bonds. The second kappa shape index (κ2) is 88.9. The first-order valence-corrected chi connectivity index (χ1v) is 35.9. The van der Waals surface area contributed by atoms with Gasteiger partial charge in [-0.15, -0.1) is 0 Å². The fraction of sp³-hybridized carbons (Fsp3) is 0.944. The maximum Gasteiger partial charge on any atom is 2.00 e. The molecular weight excluding hydrogens is 1080 g/mol. The second-order valence-electron chi connectivity index (χ2n) is 24.3. The molecule has 0 N–H and O–H groups in total. The van der Waals surface area contributed by atoms with Crippen molar-refractivity contribution in [1.29, 1.82) is 0 Å². The van der Waals surface area contributed by atoms with E-state index >= 15 is 0 Å². The van der Waals surface area contributed by atoms with Crippen molar-refractivity contribution in [3.05, 3.63) is 0 Å². The van der Waals surface area contributed by atoms with Gasteiger partial charge >= 0.3 is 39.8 Å². The average Bonchev–Trinajstić information content (AvgIpc) is 3.43. The summed E-state index contributed by atoms with van der Waals surface area (Å²) in [4.78, 5) is 40.9. The Balaban J connectivity index is -0.000000233. The quantitative estimate of drug-likeness (QED) is 0.0430. The number of rotatable bonds is 64. The summed E-state index contributed by atoms with van der Waals surface area (Å²) >= 11 is 0. The van der Waals surface area contributed by atoms with Gasteiger partial charge in [0.1, 0.15) is 0 Å². The third kappa shape index (κ3) is 107. The Morgan fingerprint density at radius 2 is 0.244 bits per heavy atom. The van der Waals surface area contributed by atoms with E-state index in [1.54, 1.807) is 0 Å². The van der Waals surface area contributed by atoms with E-state index in [0.717, 1.165) is 51.4 Å². The van der Waals surface area contributed by atoms with Crippen LogP contribution in [0.3, 0.4) is 0 Å². The molecule has 0 spiro atoms. The van der Waals surface area contributed by atoms with Gasteiger partial charge in [-0.2, -0.15) is 0 Å². The molecule has 0 fully saturated rings. The second-order valence-corrected chi connectivity index (χ2v) is 24.3. The Morgan fingerprint density at radius 3 is 0.317 bits per heavy atom. The van der Waals surface area contributed by atoms with Gasteiger partial charge < -0.3 is 39.6 Å². The van der Waals surface area contributed by atoms with E-state index in [1.165, 1.54) is 334 Å². The Bertz CT molecular complexity index is 998. The molecule has 82 heavy (non-hydrogen) atoms. The van der Waals surface area contributed by atoms with Gasteiger partial charge in [-0.05, 0) is 51.4 Å². The average molecular weight is 1220 g/mol. The summed E-state index contributed by atoms with van der Waals surface area (Å²) < 4.78 is 0. The van der Waals surface area contributed by atoms with Gasteiger partial charge in [0.25, 0.3) is 0 Å². The maximum absolute atomic E-state index is 10.2. The van der Waals surface area contributed by atoms with Crippen molar-refractivity contribution in [2.75, 3.05) is 0 Å². The molecule has 0 saturated heterocycles. The van der Waals surface area contributed by atoms with E-state index in [9.17, 15) is 39.6 Å². The van der Waals surface area contributed by atoms with Crippen LogP contribution < -0.4 is 20.4 Å². The molecular formula is C72H140CoMgO8. The minimum Gasteiger partial charge on any atom is -0.550 e. The number of carbonyl (C=O) groups is 4. The van der Waals surface area contributed by atoms with E-state index in [-0.39, 0.29) is 65.5 Å². The number of carbonyl (C=O) groups excluding carboxylic acids is 4. The van der Waals surface area contributed by atoms with E-state index in [1.807, 2.05) is 0 Å². The summed E-state index contributed by atoms with van der Waals surface area (Å²) in [5, 5.41) is 40.9. The summed E-state index contributed by atoms with van der Waals surface area (Å²) in [6.07, 6.45) is 79.4. The predicted octanol–water partition coefficient (Wildman–Crippen LogP) is 19.6. The van der Waals surface area contributed by atoms with Crippen molar-refractivity contribution in [1.82, 2.24) is 0 Å². The molecule has 0 aliphatic carbocycles. The first kappa shape index (κ1) is 92.3. The summed E-state index contributed by atoms with van der Waals surface area (Å²) in [5.41, 5.74) is 0. The molecule has 0 aliphatic rings. The zero-order valence-electron chi connectivity index (χ0n) is 55.6. The van der Waals surface area contributed by atoms with Gasteiger partial charge in [0.2, 0.25) is 0 Å². The first-order valence-electron chi connectivity index (χ1n) is 35.9. The molecule has 487 valence electrons. The number of unbranched alkanes of at least 4 members (excludes halogenated alkanes) is 56. The van der Waals surface area contributed by atoms with Crippen LogP contribution in [0, 0.1) is 0 Å². The van der Waals surface area contributed by atoms with Crippen LogP contribution in [0.2, 0.25) is 0 Å². The summed E-state index contributed by atoms with van der Waals surface area (Å²) in [7, 11) is 0. The molecule has 0 aromatic carbocycles. The minimum absolute atomic E-state index is 0. The van der Waals surface area contributed by atoms with Crippen molar-refractivity contribution in [3.63, 3.8) is 0 Å². The molecule has 0 bridgehead atoms. The van der Waals surface area contributed by atoms with Gasteiger partial charge in [-0.3, -0.25) is 0 Å². The molecule has 0 atom stereocenters. The zero-order chi connectivity index (χ0) is 59.6. The number of aliphatic carboxylic acids is 4. The molecule has 8 nitrogen and oxygen atoms in total. The monoisotopic (exact) mass is 1220 g/mol. The molecule has 0 unspecified atom stereocenters. The smallest absolute Gasteiger partial charge is 0.550 e. The molecule has 1 radical (unpaired) electrons. The van der Waals surface area contributed by atoms with Gasteiger partial charge in [-0.1, -0.05) is 387 Å². The predicted molar refractivity (Wildman–Crippen MR) is 344 cm³/mol. The SMILES string of the molecule is CCCCCCCCCCCCCCCCCC(=O)[O-].CCCCCCCCCCCCCCCCCC(=O)[O-].CCCCCCCCCCCCCCCCCC(=O)[O-].CCCCCCCCCCCCCCCCCC(=O)[O-].[Co+2].[Mg+2]. The molecule has 0 heterocycles. The van der Waals surface area contributed by atoms with Crippen LogP contribution in [0.15, 0.2) is 0 Å². The van der Waals surface area contributed by atoms with E-state index in [4.69, 9.17) is 0 Å². The van der Waals surface area contributed by atoms with Crippen LogP contribution in [0.4, 0.5) is 0 Å². The molecule has 0 rings (SSSR count). The van der Waals surface area contributed by atoms with E-state index < -0.39 is 23.9 Å². The Labute approximate surface area is 538 Å². The van der Waals surface area contributed by atoms with Gasteiger partial charge in [-0.25, -0.2) is 0 Å². The minimum atomic E-state index is -0.903. The van der Waals surface area contributed by atoms with E-state index in [2.05, 4.69) is 27.7 Å². The van der Waals surface area contributed by atoms with Gasteiger partial charge in [0.15, 0.2) is 0 Å². The normalized spacial score (nSPS) is 10.6. The van der Waals surface area contributed by atoms with Crippen LogP contribution >= 0.6 is 0 Å². The molecule has 10 heteroatoms. The number of hydrogen-bond donors (Lipinski definition) is 0. The van der Waals surface area contributed by atoms with Crippen molar-refractivity contribution < 1.29 is 56.4 Å². The Morgan fingerprint density at radius 1 is 0.171 bits per heavy atom. The Hall–Kier alpha value is -0.847. The van der Waals surface area contributed by atoms with E-state index in [0.29, 0.717) is 0 Å². The van der Waals surface area contributed by atoms with Gasteiger partial charge in [0, 0.05) is 23.9 Å². The van der Waals surface area contributed by atoms with Crippen LogP contribution in [0.5, 0.6) is 0 Å². The van der Waals surface area contributed by atoms with Crippen LogP contribution in [0.25, 0.3) is 0 Å². The standard InChI is InChI=1S/4C18H36O2.Co.Mg/c4*1-2-3-4-5-6-7-8-9-10-11-12-13-14-15-16-17-18(19)20;;/h4*2-17H2,1H3,(H,19,20);;/q;;;;2*+2/p-4. The largest absolute Gasteiger partial charge is 2.00 e. The molecule has 0 aromatic heterocycles. The van der Waals surface area contributed by atoms with Crippen LogP contribution in [-0.2, 0) is 36.0 Å². The summed E-state index contributed by atoms with van der Waals surface area (Å²) in [6.45, 7) is 9.07. The Kier molecular flexibility index (Phi) is 100. The molecule has 0 aliphatic heterocycles. The van der Waals surface area contributed by atoms with Crippen molar-refractivity contribution >= 4 is 46.9 Å².